The number of amides is 2. The molecule has 160 valence electrons. The number of carbonyl (C=O) groups is 2. The molecule has 2 amide bonds. The second-order valence-electron chi connectivity index (χ2n) is 7.80. The molecule has 2 aliphatic rings. The molecule has 1 unspecified atom stereocenters. The third-order valence-corrected chi connectivity index (χ3v) is 7.15. The van der Waals surface area contributed by atoms with E-state index in [1.54, 1.807) is 24.3 Å². The van der Waals surface area contributed by atoms with E-state index >= 15 is 0 Å². The second kappa shape index (κ2) is 9.69. The van der Waals surface area contributed by atoms with Crippen LogP contribution in [0.4, 0.5) is 5.69 Å². The van der Waals surface area contributed by atoms with E-state index in [0.717, 1.165) is 38.5 Å². The van der Waals surface area contributed by atoms with Crippen molar-refractivity contribution in [3.63, 3.8) is 0 Å². The molecule has 29 heavy (non-hydrogen) atoms. The molecule has 0 aromatic heterocycles. The van der Waals surface area contributed by atoms with E-state index in [0.29, 0.717) is 17.8 Å². The molecule has 9 heteroatoms. The van der Waals surface area contributed by atoms with Crippen LogP contribution in [0.1, 0.15) is 48.9 Å². The topological polar surface area (TPSA) is 108 Å². The van der Waals surface area contributed by atoms with Crippen molar-refractivity contribution >= 4 is 27.5 Å². The summed E-state index contributed by atoms with van der Waals surface area (Å²) in [5.74, 6) is -0.441. The summed E-state index contributed by atoms with van der Waals surface area (Å²) in [5.41, 5.74) is 0.926. The molecular weight excluding hydrogens is 392 g/mol. The van der Waals surface area contributed by atoms with Gasteiger partial charge in [-0.25, -0.2) is 13.1 Å². The molecule has 0 radical (unpaired) electrons. The van der Waals surface area contributed by atoms with Crippen LogP contribution in [0.2, 0.25) is 0 Å². The first kappa shape index (κ1) is 21.7. The Balaban J connectivity index is 1.61. The van der Waals surface area contributed by atoms with Crippen LogP contribution in [0.5, 0.6) is 0 Å². The summed E-state index contributed by atoms with van der Waals surface area (Å²) in [7, 11) is -1.94. The molecule has 1 aliphatic carbocycles. The van der Waals surface area contributed by atoms with Gasteiger partial charge in [0.15, 0.2) is 0 Å². The minimum Gasteiger partial charge on any atom is -0.349 e. The Bertz CT molecular complexity index is 837. The van der Waals surface area contributed by atoms with Gasteiger partial charge < -0.3 is 10.6 Å². The molecule has 3 N–H and O–H groups in total. The maximum Gasteiger partial charge on any atom is 0.253 e. The number of sulfonamides is 1. The van der Waals surface area contributed by atoms with Crippen LogP contribution >= 0.6 is 0 Å². The Hall–Kier alpha value is -1.97. The second-order valence-corrected chi connectivity index (χ2v) is 9.77. The predicted octanol–water partition coefficient (Wildman–Crippen LogP) is 1.31. The van der Waals surface area contributed by atoms with Crippen LogP contribution < -0.4 is 15.4 Å². The highest BCUT2D eigenvalue weighted by atomic mass is 32.2. The lowest BCUT2D eigenvalue weighted by Gasteiger charge is -2.23. The summed E-state index contributed by atoms with van der Waals surface area (Å²) in [6.07, 6.45) is 5.84. The van der Waals surface area contributed by atoms with Gasteiger partial charge in [-0.1, -0.05) is 25.0 Å². The van der Waals surface area contributed by atoms with E-state index in [4.69, 9.17) is 0 Å². The van der Waals surface area contributed by atoms with Crippen molar-refractivity contribution in [1.29, 1.82) is 0 Å². The zero-order valence-electron chi connectivity index (χ0n) is 16.8. The van der Waals surface area contributed by atoms with Crippen LogP contribution in [0.3, 0.4) is 0 Å². The lowest BCUT2D eigenvalue weighted by atomic mass is 10.1. The van der Waals surface area contributed by atoms with Gasteiger partial charge in [0, 0.05) is 12.1 Å². The molecule has 0 spiro atoms. The van der Waals surface area contributed by atoms with Crippen LogP contribution in [-0.2, 0) is 14.8 Å². The third kappa shape index (κ3) is 6.01. The van der Waals surface area contributed by atoms with Gasteiger partial charge >= 0.3 is 0 Å². The highest BCUT2D eigenvalue weighted by Gasteiger charge is 2.30. The number of hydrogen-bond acceptors (Lipinski definition) is 5. The zero-order chi connectivity index (χ0) is 20.9. The summed E-state index contributed by atoms with van der Waals surface area (Å²) < 4.78 is 26.0. The lowest BCUT2D eigenvalue weighted by molar-refractivity contribution is -0.117. The van der Waals surface area contributed by atoms with Gasteiger partial charge in [-0.05, 0) is 51.4 Å². The maximum absolute atomic E-state index is 12.6. The number of likely N-dealkylation sites (tertiary alicyclic amines) is 1. The molecule has 8 nitrogen and oxygen atoms in total. The zero-order valence-corrected chi connectivity index (χ0v) is 17.6. The number of anilines is 1. The van der Waals surface area contributed by atoms with E-state index in [1.807, 2.05) is 4.90 Å². The van der Waals surface area contributed by atoms with Gasteiger partial charge in [-0.15, -0.1) is 0 Å². The van der Waals surface area contributed by atoms with Gasteiger partial charge in [0.2, 0.25) is 15.9 Å². The average Bonchev–Trinajstić information content (AvgIpc) is 3.34. The molecule has 1 heterocycles. The van der Waals surface area contributed by atoms with Crippen LogP contribution in [0, 0.1) is 0 Å². The molecule has 3 rings (SSSR count). The highest BCUT2D eigenvalue weighted by molar-refractivity contribution is 7.89. The Kier molecular flexibility index (Phi) is 7.26. The predicted molar refractivity (Wildman–Crippen MR) is 112 cm³/mol. The molecule has 0 bridgehead atoms. The third-order valence-electron chi connectivity index (χ3n) is 5.70. The summed E-state index contributed by atoms with van der Waals surface area (Å²) in [6, 6.07) is 7.00. The van der Waals surface area contributed by atoms with Gasteiger partial charge in [-0.2, -0.15) is 0 Å². The number of benzene rings is 1. The fraction of sp³-hybridized carbons (Fsp3) is 0.600. The molecule has 1 aliphatic heterocycles. The first-order valence-electron chi connectivity index (χ1n) is 10.2. The first-order chi connectivity index (χ1) is 13.9. The van der Waals surface area contributed by atoms with E-state index in [2.05, 4.69) is 15.4 Å². The molecule has 1 aromatic rings. The normalized spacial score (nSPS) is 20.7. The Morgan fingerprint density at radius 1 is 1.10 bits per heavy atom. The van der Waals surface area contributed by atoms with Crippen molar-refractivity contribution in [1.82, 2.24) is 14.9 Å². The first-order valence-corrected chi connectivity index (χ1v) is 11.9. The van der Waals surface area contributed by atoms with Gasteiger partial charge in [0.05, 0.1) is 23.5 Å². The lowest BCUT2D eigenvalue weighted by Crippen LogP contribution is -2.42. The Labute approximate surface area is 172 Å². The summed E-state index contributed by atoms with van der Waals surface area (Å²) >= 11 is 0. The fourth-order valence-electron chi connectivity index (χ4n) is 4.13. The minimum atomic E-state index is -3.34. The molecule has 2 fully saturated rings. The molecule has 1 aromatic carbocycles. The van der Waals surface area contributed by atoms with E-state index in [-0.39, 0.29) is 36.2 Å². The maximum atomic E-state index is 12.6. The van der Waals surface area contributed by atoms with Crippen molar-refractivity contribution in [2.24, 2.45) is 0 Å². The van der Waals surface area contributed by atoms with Gasteiger partial charge in [0.1, 0.15) is 0 Å². The number of carbonyl (C=O) groups excluding carboxylic acids is 2. The summed E-state index contributed by atoms with van der Waals surface area (Å²) in [6.45, 7) is 0.781. The van der Waals surface area contributed by atoms with Gasteiger partial charge in [0.25, 0.3) is 5.91 Å². The number of hydrogen-bond donors (Lipinski definition) is 3. The summed E-state index contributed by atoms with van der Waals surface area (Å²) in [4.78, 5) is 27.2. The monoisotopic (exact) mass is 422 g/mol. The van der Waals surface area contributed by atoms with E-state index in [9.17, 15) is 18.0 Å². The number of nitrogens with zero attached hydrogens (tertiary/aromatic N) is 1. The van der Waals surface area contributed by atoms with Crippen molar-refractivity contribution in [2.45, 2.75) is 50.6 Å². The fourth-order valence-corrected chi connectivity index (χ4v) is 5.18. The standard InChI is InChI=1S/C20H30N4O4S/c1-21-29(27,28)14-16-9-6-12-24(16)13-19(25)23-18-11-5-4-10-17(18)20(26)22-15-7-2-3-8-15/h4-5,10-11,15-16,21H,2-3,6-9,12-14H2,1H3,(H,22,26)(H,23,25). The molecule has 1 saturated carbocycles. The minimum absolute atomic E-state index is 0.0167. The largest absolute Gasteiger partial charge is 0.349 e. The Morgan fingerprint density at radius 3 is 2.55 bits per heavy atom. The molecule has 1 atom stereocenters. The van der Waals surface area contributed by atoms with E-state index in [1.165, 1.54) is 7.05 Å². The molecular formula is C20H30N4O4S. The quantitative estimate of drug-likeness (QED) is 0.586. The number of nitrogens with one attached hydrogen (secondary N) is 3. The van der Waals surface area contributed by atoms with Crippen molar-refractivity contribution < 1.29 is 18.0 Å². The SMILES string of the molecule is CNS(=O)(=O)CC1CCCN1CC(=O)Nc1ccccc1C(=O)NC1CCCC1. The Morgan fingerprint density at radius 2 is 1.83 bits per heavy atom. The van der Waals surface area contributed by atoms with Crippen molar-refractivity contribution in [2.75, 3.05) is 31.2 Å². The average molecular weight is 423 g/mol. The smallest absolute Gasteiger partial charge is 0.253 e. The van der Waals surface area contributed by atoms with Gasteiger partial charge in [-0.3, -0.25) is 14.5 Å². The van der Waals surface area contributed by atoms with E-state index < -0.39 is 10.0 Å². The van der Waals surface area contributed by atoms with Crippen molar-refractivity contribution in [3.8, 4) is 0 Å². The number of rotatable bonds is 8. The molecule has 1 saturated heterocycles. The van der Waals surface area contributed by atoms with Crippen LogP contribution in [-0.4, -0.2) is 63.1 Å². The summed E-state index contributed by atoms with van der Waals surface area (Å²) in [5, 5.41) is 5.88. The van der Waals surface area contributed by atoms with Crippen LogP contribution in [0.25, 0.3) is 0 Å². The van der Waals surface area contributed by atoms with Crippen LogP contribution in [0.15, 0.2) is 24.3 Å². The highest BCUT2D eigenvalue weighted by Crippen LogP contribution is 2.21. The van der Waals surface area contributed by atoms with Crippen molar-refractivity contribution in [3.05, 3.63) is 29.8 Å². The number of para-hydroxylation sites is 1.